The number of rotatable bonds is 6. The topological polar surface area (TPSA) is 101 Å². The maximum atomic E-state index is 13.4. The maximum Gasteiger partial charge on any atom is 0.312 e. The molecule has 6 nitrogen and oxygen atoms in total. The molecule has 0 aliphatic heterocycles. The minimum Gasteiger partial charge on any atom is -0.461 e. The van der Waals surface area contributed by atoms with E-state index in [0.29, 0.717) is 31.1 Å². The van der Waals surface area contributed by atoms with Gasteiger partial charge in [-0.1, -0.05) is 36.8 Å². The Morgan fingerprint density at radius 1 is 1.10 bits per heavy atom. The van der Waals surface area contributed by atoms with Crippen molar-refractivity contribution in [1.29, 1.82) is 0 Å². The first-order chi connectivity index (χ1) is 14.2. The van der Waals surface area contributed by atoms with Crippen LogP contribution in [0.5, 0.6) is 0 Å². The van der Waals surface area contributed by atoms with E-state index < -0.39 is 39.0 Å². The van der Waals surface area contributed by atoms with Crippen molar-refractivity contribution in [3.63, 3.8) is 0 Å². The first-order valence-electron chi connectivity index (χ1n) is 11.1. The van der Waals surface area contributed by atoms with Gasteiger partial charge in [-0.25, -0.2) is 0 Å². The molecule has 0 spiro atoms. The van der Waals surface area contributed by atoms with Gasteiger partial charge in [-0.05, 0) is 74.2 Å². The van der Waals surface area contributed by atoms with E-state index in [1.165, 1.54) is 5.56 Å². The average Bonchev–Trinajstić information content (AvgIpc) is 2.63. The largest absolute Gasteiger partial charge is 0.461 e. The van der Waals surface area contributed by atoms with Gasteiger partial charge in [0.15, 0.2) is 0 Å². The van der Waals surface area contributed by atoms with Crippen molar-refractivity contribution in [3.8, 4) is 0 Å². The van der Waals surface area contributed by atoms with E-state index in [9.17, 15) is 22.9 Å². The molecule has 2 N–H and O–H groups in total. The zero-order valence-electron chi connectivity index (χ0n) is 17.1. The SMILES string of the molecule is O=C(OCC(O)(C1CCC1)S(=O)(=O)O)C12CC3CC(C1)CC(c1ccccc1)(C3)C2. The summed E-state index contributed by atoms with van der Waals surface area (Å²) in [7, 11) is -4.75. The Hall–Kier alpha value is -1.44. The molecule has 0 radical (unpaired) electrons. The van der Waals surface area contributed by atoms with Crippen molar-refractivity contribution < 1.29 is 27.6 Å². The van der Waals surface area contributed by atoms with Crippen LogP contribution in [0.4, 0.5) is 0 Å². The molecular formula is C23H30O6S. The Labute approximate surface area is 177 Å². The third kappa shape index (κ3) is 3.04. The lowest BCUT2D eigenvalue weighted by atomic mass is 9.43. The van der Waals surface area contributed by atoms with Gasteiger partial charge in [-0.15, -0.1) is 0 Å². The zero-order valence-corrected chi connectivity index (χ0v) is 17.9. The van der Waals surface area contributed by atoms with Crippen LogP contribution in [0, 0.1) is 23.2 Å². The van der Waals surface area contributed by atoms with E-state index in [1.54, 1.807) is 0 Å². The summed E-state index contributed by atoms with van der Waals surface area (Å²) in [6.07, 6.45) is 7.35. The van der Waals surface area contributed by atoms with E-state index in [-0.39, 0.29) is 5.41 Å². The molecule has 0 saturated heterocycles. The number of aliphatic hydroxyl groups is 1. The minimum absolute atomic E-state index is 0.0301. The molecule has 5 saturated carbocycles. The number of esters is 1. The number of hydrogen-bond acceptors (Lipinski definition) is 5. The van der Waals surface area contributed by atoms with Gasteiger partial charge in [0.1, 0.15) is 6.61 Å². The fourth-order valence-corrected chi connectivity index (χ4v) is 8.08. The molecule has 30 heavy (non-hydrogen) atoms. The highest BCUT2D eigenvalue weighted by atomic mass is 32.2. The summed E-state index contributed by atoms with van der Waals surface area (Å²) in [5, 5.41) is 10.7. The van der Waals surface area contributed by atoms with Gasteiger partial charge in [-0.2, -0.15) is 8.42 Å². The number of benzene rings is 1. The first kappa shape index (κ1) is 20.5. The average molecular weight is 435 g/mol. The molecule has 6 rings (SSSR count). The van der Waals surface area contributed by atoms with Crippen LogP contribution in [0.25, 0.3) is 0 Å². The summed E-state index contributed by atoms with van der Waals surface area (Å²) < 4.78 is 39.0. The molecule has 3 atom stereocenters. The third-order valence-electron chi connectivity index (χ3n) is 8.48. The molecule has 5 fully saturated rings. The van der Waals surface area contributed by atoms with Gasteiger partial charge in [0.2, 0.25) is 4.93 Å². The van der Waals surface area contributed by atoms with Crippen molar-refractivity contribution in [1.82, 2.24) is 0 Å². The van der Waals surface area contributed by atoms with Crippen LogP contribution in [0.2, 0.25) is 0 Å². The second-order valence-corrected chi connectivity index (χ2v) is 12.1. The van der Waals surface area contributed by atoms with Crippen molar-refractivity contribution in [2.75, 3.05) is 6.61 Å². The highest BCUT2D eigenvalue weighted by Crippen LogP contribution is 2.66. The fourth-order valence-electron chi connectivity index (χ4n) is 7.22. The monoisotopic (exact) mass is 434 g/mol. The van der Waals surface area contributed by atoms with Crippen molar-refractivity contribution in [3.05, 3.63) is 35.9 Å². The Bertz CT molecular complexity index is 924. The van der Waals surface area contributed by atoms with Crippen LogP contribution in [-0.4, -0.2) is 35.6 Å². The molecule has 0 heterocycles. The second-order valence-electron chi connectivity index (χ2n) is 10.4. The summed E-state index contributed by atoms with van der Waals surface area (Å²) in [6, 6.07) is 10.4. The molecule has 5 aliphatic carbocycles. The molecular weight excluding hydrogens is 404 g/mol. The quantitative estimate of drug-likeness (QED) is 0.525. The summed E-state index contributed by atoms with van der Waals surface area (Å²) in [4.78, 5) is 11.0. The summed E-state index contributed by atoms with van der Waals surface area (Å²) in [5.41, 5.74) is 0.623. The second kappa shape index (κ2) is 6.78. The van der Waals surface area contributed by atoms with Gasteiger partial charge >= 0.3 is 5.97 Å². The third-order valence-corrected chi connectivity index (χ3v) is 9.82. The normalized spacial score (nSPS) is 37.4. The Kier molecular flexibility index (Phi) is 4.62. The van der Waals surface area contributed by atoms with Gasteiger partial charge < -0.3 is 9.84 Å². The van der Waals surface area contributed by atoms with Gasteiger partial charge in [-0.3, -0.25) is 9.35 Å². The maximum absolute atomic E-state index is 13.4. The number of carbonyl (C=O) groups excluding carboxylic acids is 1. The molecule has 1 aromatic rings. The van der Waals surface area contributed by atoms with E-state index in [4.69, 9.17) is 4.74 Å². The molecule has 7 heteroatoms. The Morgan fingerprint density at radius 3 is 2.27 bits per heavy atom. The number of hydrogen-bond donors (Lipinski definition) is 2. The molecule has 0 aromatic heterocycles. The van der Waals surface area contributed by atoms with Crippen molar-refractivity contribution >= 4 is 16.1 Å². The Morgan fingerprint density at radius 2 is 1.73 bits per heavy atom. The van der Waals surface area contributed by atoms with E-state index in [0.717, 1.165) is 38.5 Å². The van der Waals surface area contributed by atoms with Crippen LogP contribution in [0.15, 0.2) is 30.3 Å². The van der Waals surface area contributed by atoms with E-state index in [1.807, 2.05) is 18.2 Å². The van der Waals surface area contributed by atoms with Crippen molar-refractivity contribution in [2.45, 2.75) is 68.1 Å². The molecule has 3 unspecified atom stereocenters. The van der Waals surface area contributed by atoms with Crippen LogP contribution in [0.1, 0.15) is 63.4 Å². The summed E-state index contributed by atoms with van der Waals surface area (Å²) >= 11 is 0. The smallest absolute Gasteiger partial charge is 0.312 e. The first-order valence-corrected chi connectivity index (χ1v) is 12.5. The van der Waals surface area contributed by atoms with Gasteiger partial charge in [0.05, 0.1) is 5.41 Å². The summed E-state index contributed by atoms with van der Waals surface area (Å²) in [5.74, 6) is -0.0668. The highest BCUT2D eigenvalue weighted by Gasteiger charge is 2.62. The van der Waals surface area contributed by atoms with Crippen LogP contribution in [0.3, 0.4) is 0 Å². The molecule has 5 aliphatic rings. The number of ether oxygens (including phenoxy) is 1. The molecule has 1 aromatic carbocycles. The lowest BCUT2D eigenvalue weighted by molar-refractivity contribution is -0.180. The molecule has 4 bridgehead atoms. The van der Waals surface area contributed by atoms with Gasteiger partial charge in [0.25, 0.3) is 10.1 Å². The van der Waals surface area contributed by atoms with Crippen molar-refractivity contribution in [2.24, 2.45) is 23.2 Å². The van der Waals surface area contributed by atoms with E-state index in [2.05, 4.69) is 12.1 Å². The molecule has 164 valence electrons. The lowest BCUT2D eigenvalue weighted by Gasteiger charge is -2.61. The van der Waals surface area contributed by atoms with E-state index >= 15 is 0 Å². The van der Waals surface area contributed by atoms with Crippen LogP contribution in [-0.2, 0) is 25.1 Å². The predicted octanol–water partition coefficient (Wildman–Crippen LogP) is 3.44. The number of carbonyl (C=O) groups is 1. The predicted molar refractivity (Wildman–Crippen MR) is 110 cm³/mol. The summed E-state index contributed by atoms with van der Waals surface area (Å²) in [6.45, 7) is -0.690. The lowest BCUT2D eigenvalue weighted by Crippen LogP contribution is -2.58. The standard InChI is InChI=1S/C23H30O6S/c24-20(29-15-23(25,30(26,27)28)19-7-4-8-19)22-12-16-9-17(13-22)11-21(10-16,14-22)18-5-2-1-3-6-18/h1-3,5-6,16-17,19,25H,4,7-15H2,(H,26,27,28). The van der Waals surface area contributed by atoms with Crippen LogP contribution < -0.4 is 0 Å². The molecule has 0 amide bonds. The minimum atomic E-state index is -4.75. The zero-order chi connectivity index (χ0) is 21.2. The van der Waals surface area contributed by atoms with Crippen LogP contribution >= 0.6 is 0 Å². The fraction of sp³-hybridized carbons (Fsp3) is 0.696. The highest BCUT2D eigenvalue weighted by molar-refractivity contribution is 7.87. The Balaban J connectivity index is 1.39. The van der Waals surface area contributed by atoms with Gasteiger partial charge in [0, 0.05) is 5.92 Å².